The Morgan fingerprint density at radius 1 is 1.07 bits per heavy atom. The highest BCUT2D eigenvalue weighted by Gasteiger charge is 2.23. The van der Waals surface area contributed by atoms with Gasteiger partial charge < -0.3 is 9.80 Å². The summed E-state index contributed by atoms with van der Waals surface area (Å²) in [6, 6.07) is 9.83. The third kappa shape index (κ3) is 3.31. The average Bonchev–Trinajstić information content (AvgIpc) is 3.13. The normalized spacial score (nSPS) is 15.2. The van der Waals surface area contributed by atoms with Crippen LogP contribution in [0, 0.1) is 11.3 Å². The fourth-order valence-corrected chi connectivity index (χ4v) is 3.33. The molecule has 0 spiro atoms. The molecule has 1 aliphatic heterocycles. The molecule has 27 heavy (non-hydrogen) atoms. The zero-order chi connectivity index (χ0) is 19.0. The van der Waals surface area contributed by atoms with Gasteiger partial charge in [0.1, 0.15) is 23.1 Å². The second-order valence-electron chi connectivity index (χ2n) is 7.83. The first-order valence-corrected chi connectivity index (χ1v) is 9.17. The molecule has 138 valence electrons. The van der Waals surface area contributed by atoms with Crippen molar-refractivity contribution in [2.45, 2.75) is 26.2 Å². The Morgan fingerprint density at radius 2 is 1.81 bits per heavy atom. The van der Waals surface area contributed by atoms with Crippen molar-refractivity contribution in [2.75, 3.05) is 36.0 Å². The van der Waals surface area contributed by atoms with Gasteiger partial charge in [-0.15, -0.1) is 0 Å². The molecular weight excluding hydrogens is 338 g/mol. The van der Waals surface area contributed by atoms with Gasteiger partial charge in [0.25, 0.3) is 0 Å². The largest absolute Gasteiger partial charge is 0.353 e. The van der Waals surface area contributed by atoms with Gasteiger partial charge in [-0.25, -0.2) is 14.5 Å². The predicted octanol–water partition coefficient (Wildman–Crippen LogP) is 2.62. The molecule has 0 saturated carbocycles. The lowest BCUT2D eigenvalue weighted by Gasteiger charge is -2.36. The van der Waals surface area contributed by atoms with E-state index >= 15 is 0 Å². The minimum absolute atomic E-state index is 0.000580. The lowest BCUT2D eigenvalue weighted by atomic mass is 9.92. The first-order chi connectivity index (χ1) is 13.0. The second-order valence-corrected chi connectivity index (χ2v) is 7.83. The van der Waals surface area contributed by atoms with Crippen LogP contribution in [0.5, 0.6) is 0 Å². The molecule has 0 aliphatic carbocycles. The lowest BCUT2D eigenvalue weighted by molar-refractivity contribution is 0.562. The van der Waals surface area contributed by atoms with E-state index in [4.69, 9.17) is 10.4 Å². The SMILES string of the molecule is CC(C)(C)c1cc2c(N3CCN(c4cccc(C#N)n4)CC3)nccn2n1. The molecular formula is C20H23N7. The first-order valence-electron chi connectivity index (χ1n) is 9.17. The average molecular weight is 361 g/mol. The highest BCUT2D eigenvalue weighted by atomic mass is 15.3. The molecule has 0 radical (unpaired) electrons. The molecule has 3 aromatic rings. The Balaban J connectivity index is 1.56. The van der Waals surface area contributed by atoms with Gasteiger partial charge in [-0.2, -0.15) is 10.4 Å². The van der Waals surface area contributed by atoms with Crippen LogP contribution >= 0.6 is 0 Å². The summed E-state index contributed by atoms with van der Waals surface area (Å²) in [6.45, 7) is 9.88. The third-order valence-electron chi connectivity index (χ3n) is 4.89. The van der Waals surface area contributed by atoms with E-state index in [1.165, 1.54) is 0 Å². The van der Waals surface area contributed by atoms with Gasteiger partial charge in [0.05, 0.1) is 5.69 Å². The maximum absolute atomic E-state index is 9.06. The molecule has 7 heteroatoms. The zero-order valence-corrected chi connectivity index (χ0v) is 15.9. The predicted molar refractivity (Wildman–Crippen MR) is 105 cm³/mol. The molecule has 4 heterocycles. The van der Waals surface area contributed by atoms with Crippen molar-refractivity contribution in [3.8, 4) is 6.07 Å². The highest BCUT2D eigenvalue weighted by Crippen LogP contribution is 2.27. The number of hydrogen-bond donors (Lipinski definition) is 0. The summed E-state index contributed by atoms with van der Waals surface area (Å²) in [5.41, 5.74) is 2.56. The smallest absolute Gasteiger partial charge is 0.154 e. The van der Waals surface area contributed by atoms with Crippen molar-refractivity contribution in [3.05, 3.63) is 48.0 Å². The number of piperazine rings is 1. The molecule has 3 aromatic heterocycles. The van der Waals surface area contributed by atoms with Crippen LogP contribution in [0.1, 0.15) is 32.2 Å². The van der Waals surface area contributed by atoms with Gasteiger partial charge in [-0.1, -0.05) is 26.8 Å². The Kier molecular flexibility index (Phi) is 4.19. The van der Waals surface area contributed by atoms with Crippen LogP contribution < -0.4 is 9.80 Å². The van der Waals surface area contributed by atoms with E-state index in [1.54, 1.807) is 6.07 Å². The van der Waals surface area contributed by atoms with E-state index in [1.807, 2.05) is 29.0 Å². The molecule has 0 amide bonds. The number of aromatic nitrogens is 4. The number of nitriles is 1. The Hall–Kier alpha value is -3.14. The maximum atomic E-state index is 9.06. The Morgan fingerprint density at radius 3 is 2.52 bits per heavy atom. The summed E-state index contributed by atoms with van der Waals surface area (Å²) in [7, 11) is 0. The highest BCUT2D eigenvalue weighted by molar-refractivity contribution is 5.70. The molecule has 1 saturated heterocycles. The maximum Gasteiger partial charge on any atom is 0.154 e. The van der Waals surface area contributed by atoms with Crippen LogP contribution in [0.25, 0.3) is 5.52 Å². The van der Waals surface area contributed by atoms with Crippen molar-refractivity contribution < 1.29 is 0 Å². The van der Waals surface area contributed by atoms with Crippen molar-refractivity contribution in [1.82, 2.24) is 19.6 Å². The molecule has 0 unspecified atom stereocenters. The summed E-state index contributed by atoms with van der Waals surface area (Å²) in [6.07, 6.45) is 3.72. The molecule has 4 rings (SSSR count). The molecule has 1 aliphatic rings. The number of rotatable bonds is 2. The molecule has 0 atom stereocenters. The van der Waals surface area contributed by atoms with Crippen molar-refractivity contribution in [1.29, 1.82) is 5.26 Å². The summed E-state index contributed by atoms with van der Waals surface area (Å²) >= 11 is 0. The van der Waals surface area contributed by atoms with Gasteiger partial charge in [-0.3, -0.25) is 0 Å². The van der Waals surface area contributed by atoms with Crippen LogP contribution in [-0.2, 0) is 5.41 Å². The zero-order valence-electron chi connectivity index (χ0n) is 15.9. The quantitative estimate of drug-likeness (QED) is 0.699. The number of hydrogen-bond acceptors (Lipinski definition) is 6. The fourth-order valence-electron chi connectivity index (χ4n) is 3.33. The number of pyridine rings is 1. The minimum Gasteiger partial charge on any atom is -0.353 e. The van der Waals surface area contributed by atoms with E-state index in [0.29, 0.717) is 5.69 Å². The van der Waals surface area contributed by atoms with Crippen molar-refractivity contribution in [3.63, 3.8) is 0 Å². The van der Waals surface area contributed by atoms with Gasteiger partial charge in [0.2, 0.25) is 0 Å². The van der Waals surface area contributed by atoms with E-state index in [0.717, 1.165) is 49.0 Å². The Bertz CT molecular complexity index is 1000. The molecule has 0 bridgehead atoms. The number of nitrogens with zero attached hydrogens (tertiary/aromatic N) is 7. The summed E-state index contributed by atoms with van der Waals surface area (Å²) in [4.78, 5) is 13.6. The van der Waals surface area contributed by atoms with Gasteiger partial charge in [0, 0.05) is 44.0 Å². The van der Waals surface area contributed by atoms with Gasteiger partial charge in [-0.05, 0) is 18.2 Å². The third-order valence-corrected chi connectivity index (χ3v) is 4.89. The standard InChI is InChI=1S/C20H23N7/c1-20(2,3)17-13-16-19(22-7-8-27(16)24-17)26-11-9-25(10-12-26)18-6-4-5-15(14-21)23-18/h4-8,13H,9-12H2,1-3H3. The van der Waals surface area contributed by atoms with Crippen LogP contribution in [0.3, 0.4) is 0 Å². The molecule has 7 nitrogen and oxygen atoms in total. The van der Waals surface area contributed by atoms with Crippen molar-refractivity contribution >= 4 is 17.2 Å². The van der Waals surface area contributed by atoms with E-state index < -0.39 is 0 Å². The summed E-state index contributed by atoms with van der Waals surface area (Å²) in [5.74, 6) is 1.83. The van der Waals surface area contributed by atoms with Crippen LogP contribution in [0.2, 0.25) is 0 Å². The first kappa shape index (κ1) is 17.3. The number of anilines is 2. The van der Waals surface area contributed by atoms with Gasteiger partial charge in [0.15, 0.2) is 5.82 Å². The Labute approximate surface area is 158 Å². The fraction of sp³-hybridized carbons (Fsp3) is 0.400. The van der Waals surface area contributed by atoms with E-state index in [2.05, 4.69) is 52.7 Å². The molecule has 0 N–H and O–H groups in total. The molecule has 0 aromatic carbocycles. The summed E-state index contributed by atoms with van der Waals surface area (Å²) < 4.78 is 1.92. The topological polar surface area (TPSA) is 73.3 Å². The van der Waals surface area contributed by atoms with Crippen LogP contribution in [0.4, 0.5) is 11.6 Å². The molecule has 1 fully saturated rings. The van der Waals surface area contributed by atoms with Crippen LogP contribution in [-0.4, -0.2) is 45.8 Å². The minimum atomic E-state index is -0.000580. The lowest BCUT2D eigenvalue weighted by Crippen LogP contribution is -2.47. The summed E-state index contributed by atoms with van der Waals surface area (Å²) in [5, 5.41) is 13.8. The van der Waals surface area contributed by atoms with Gasteiger partial charge >= 0.3 is 0 Å². The van der Waals surface area contributed by atoms with E-state index in [9.17, 15) is 0 Å². The second kappa shape index (κ2) is 6.54. The van der Waals surface area contributed by atoms with Crippen LogP contribution in [0.15, 0.2) is 36.7 Å². The monoisotopic (exact) mass is 361 g/mol. The van der Waals surface area contributed by atoms with Crippen molar-refractivity contribution in [2.24, 2.45) is 0 Å². The van der Waals surface area contributed by atoms with E-state index in [-0.39, 0.29) is 5.41 Å². The number of fused-ring (bicyclic) bond motifs is 1.